The van der Waals surface area contributed by atoms with E-state index in [0.29, 0.717) is 22.2 Å². The van der Waals surface area contributed by atoms with Gasteiger partial charge in [-0.05, 0) is 49.9 Å². The van der Waals surface area contributed by atoms with Gasteiger partial charge in [0.1, 0.15) is 0 Å². The number of unbranched alkanes of at least 4 members (excludes halogenated alkanes) is 1. The van der Waals surface area contributed by atoms with Crippen LogP contribution >= 0.6 is 11.6 Å². The molecule has 180 valence electrons. The summed E-state index contributed by atoms with van der Waals surface area (Å²) in [6.07, 6.45) is 6.03. The van der Waals surface area contributed by atoms with Crippen molar-refractivity contribution in [3.63, 3.8) is 0 Å². The maximum Gasteiger partial charge on any atom is 0.328 e. The third-order valence-corrected chi connectivity index (χ3v) is 7.31. The molecule has 3 aliphatic rings. The fraction of sp³-hybridized carbons (Fsp3) is 0.625. The van der Waals surface area contributed by atoms with Gasteiger partial charge in [0.25, 0.3) is 5.91 Å². The van der Waals surface area contributed by atoms with Crippen LogP contribution in [0.4, 0.5) is 10.5 Å². The second kappa shape index (κ2) is 11.3. The largest absolute Gasteiger partial charge is 0.339 e. The van der Waals surface area contributed by atoms with E-state index in [-0.39, 0.29) is 24.8 Å². The van der Waals surface area contributed by atoms with Gasteiger partial charge in [-0.15, -0.1) is 0 Å². The maximum absolute atomic E-state index is 13.1. The monoisotopic (exact) mass is 475 g/mol. The maximum atomic E-state index is 13.1. The van der Waals surface area contributed by atoms with Gasteiger partial charge in [0.05, 0.1) is 10.7 Å². The van der Waals surface area contributed by atoms with Crippen LogP contribution in [0.5, 0.6) is 0 Å². The van der Waals surface area contributed by atoms with Crippen LogP contribution in [-0.4, -0.2) is 80.0 Å². The molecule has 0 bridgehead atoms. The summed E-state index contributed by atoms with van der Waals surface area (Å²) >= 11 is 6.31. The molecule has 8 nitrogen and oxygen atoms in total. The lowest BCUT2D eigenvalue weighted by Gasteiger charge is -2.33. The molecule has 9 heteroatoms. The van der Waals surface area contributed by atoms with Gasteiger partial charge in [0.2, 0.25) is 5.91 Å². The molecule has 4 rings (SSSR count). The molecule has 0 atom stereocenters. The first-order valence-corrected chi connectivity index (χ1v) is 12.5. The van der Waals surface area contributed by atoms with Crippen LogP contribution in [-0.2, 0) is 4.79 Å². The minimum absolute atomic E-state index is 0.0291. The number of piperazine rings is 1. The number of nitrogens with one attached hydrogen (secondary N) is 2. The van der Waals surface area contributed by atoms with Crippen LogP contribution in [0.25, 0.3) is 0 Å². The number of carbonyl (C=O) groups is 3. The molecule has 0 radical (unpaired) electrons. The van der Waals surface area contributed by atoms with E-state index in [0.717, 1.165) is 52.1 Å². The number of anilines is 1. The smallest absolute Gasteiger partial charge is 0.328 e. The quantitative estimate of drug-likeness (QED) is 0.592. The molecule has 2 N–H and O–H groups in total. The zero-order valence-corrected chi connectivity index (χ0v) is 19.9. The highest BCUT2D eigenvalue weighted by molar-refractivity contribution is 6.34. The fourth-order valence-electron chi connectivity index (χ4n) is 4.96. The van der Waals surface area contributed by atoms with Crippen molar-refractivity contribution >= 4 is 35.1 Å². The average Bonchev–Trinajstić information content (AvgIpc) is 2.83. The molecule has 0 saturated carbocycles. The van der Waals surface area contributed by atoms with E-state index in [1.54, 1.807) is 18.2 Å². The Morgan fingerprint density at radius 3 is 2.52 bits per heavy atom. The number of urea groups is 1. The minimum atomic E-state index is -0.504. The Labute approximate surface area is 200 Å². The molecule has 1 aromatic rings. The number of likely N-dealkylation sites (tertiary alicyclic amines) is 1. The summed E-state index contributed by atoms with van der Waals surface area (Å²) < 4.78 is 0. The standard InChI is InChI=1S/C24H34ClN5O3/c25-20-5-4-19(17-21(20)30-14-8-22(31)27-24(30)33)23(32)29-12-6-18(7-13-29)3-1-2-11-28-15-9-26-10-16-28/h4-5,17-18,26H,1-3,6-16H2,(H,27,31,33). The summed E-state index contributed by atoms with van der Waals surface area (Å²) in [5, 5.41) is 6.08. The summed E-state index contributed by atoms with van der Waals surface area (Å²) in [5.74, 6) is 0.359. The van der Waals surface area contributed by atoms with Crippen molar-refractivity contribution in [3.8, 4) is 0 Å². The molecule has 0 aromatic heterocycles. The average molecular weight is 476 g/mol. The van der Waals surface area contributed by atoms with Gasteiger partial charge in [-0.1, -0.05) is 24.4 Å². The Morgan fingerprint density at radius 2 is 1.79 bits per heavy atom. The topological polar surface area (TPSA) is 85.0 Å². The Morgan fingerprint density at radius 1 is 1.03 bits per heavy atom. The second-order valence-electron chi connectivity index (χ2n) is 9.24. The van der Waals surface area contributed by atoms with Crippen LogP contribution in [0.2, 0.25) is 5.02 Å². The molecular weight excluding hydrogens is 442 g/mol. The van der Waals surface area contributed by atoms with Gasteiger partial charge < -0.3 is 15.1 Å². The summed E-state index contributed by atoms with van der Waals surface area (Å²) in [6, 6.07) is 4.53. The number of amides is 4. The molecule has 0 aliphatic carbocycles. The summed E-state index contributed by atoms with van der Waals surface area (Å²) in [7, 11) is 0. The van der Waals surface area contributed by atoms with Gasteiger partial charge in [0, 0.05) is 57.8 Å². The van der Waals surface area contributed by atoms with E-state index in [2.05, 4.69) is 15.5 Å². The van der Waals surface area contributed by atoms with E-state index in [9.17, 15) is 14.4 Å². The molecule has 3 heterocycles. The second-order valence-corrected chi connectivity index (χ2v) is 9.65. The van der Waals surface area contributed by atoms with Gasteiger partial charge in [-0.2, -0.15) is 0 Å². The number of carbonyl (C=O) groups excluding carboxylic acids is 3. The van der Waals surface area contributed by atoms with Gasteiger partial charge in [-0.25, -0.2) is 4.79 Å². The number of hydrogen-bond donors (Lipinski definition) is 2. The Kier molecular flexibility index (Phi) is 8.22. The number of rotatable bonds is 7. The number of imide groups is 1. The molecule has 3 fully saturated rings. The van der Waals surface area contributed by atoms with Crippen molar-refractivity contribution < 1.29 is 14.4 Å². The van der Waals surface area contributed by atoms with Crippen LogP contribution in [0.1, 0.15) is 48.9 Å². The van der Waals surface area contributed by atoms with E-state index in [1.165, 1.54) is 30.7 Å². The van der Waals surface area contributed by atoms with Crippen molar-refractivity contribution in [1.29, 1.82) is 0 Å². The summed E-state index contributed by atoms with van der Waals surface area (Å²) in [5.41, 5.74) is 0.987. The third kappa shape index (κ3) is 6.25. The first-order valence-electron chi connectivity index (χ1n) is 12.1. The molecule has 33 heavy (non-hydrogen) atoms. The third-order valence-electron chi connectivity index (χ3n) is 6.99. The van der Waals surface area contributed by atoms with Crippen LogP contribution in [0.15, 0.2) is 18.2 Å². The zero-order chi connectivity index (χ0) is 23.2. The first-order chi connectivity index (χ1) is 16.0. The van der Waals surface area contributed by atoms with Crippen molar-refractivity contribution in [2.24, 2.45) is 5.92 Å². The normalized spacial score (nSPS) is 20.8. The highest BCUT2D eigenvalue weighted by atomic mass is 35.5. The number of piperidine rings is 1. The van der Waals surface area contributed by atoms with E-state index in [1.807, 2.05) is 4.90 Å². The number of hydrogen-bond acceptors (Lipinski definition) is 5. The molecule has 0 unspecified atom stereocenters. The summed E-state index contributed by atoms with van der Waals surface area (Å²) in [6.45, 7) is 7.50. The lowest BCUT2D eigenvalue weighted by molar-refractivity contribution is -0.120. The number of halogens is 1. The number of nitrogens with zero attached hydrogens (tertiary/aromatic N) is 3. The molecule has 4 amide bonds. The summed E-state index contributed by atoms with van der Waals surface area (Å²) in [4.78, 5) is 42.6. The highest BCUT2D eigenvalue weighted by Crippen LogP contribution is 2.30. The van der Waals surface area contributed by atoms with Crippen molar-refractivity contribution in [2.45, 2.75) is 38.5 Å². The molecule has 3 aliphatic heterocycles. The molecule has 1 aromatic carbocycles. The van der Waals surface area contributed by atoms with E-state index < -0.39 is 6.03 Å². The SMILES string of the molecule is O=C1CCN(c2cc(C(=O)N3CCC(CCCCN4CCNCC4)CC3)ccc2Cl)C(=O)N1. The Bertz CT molecular complexity index is 866. The lowest BCUT2D eigenvalue weighted by Crippen LogP contribution is -2.49. The van der Waals surface area contributed by atoms with Gasteiger partial charge in [0.15, 0.2) is 0 Å². The van der Waals surface area contributed by atoms with Gasteiger partial charge in [-0.3, -0.25) is 19.8 Å². The Balaban J connectivity index is 1.25. The van der Waals surface area contributed by atoms with Crippen LogP contribution in [0.3, 0.4) is 0 Å². The minimum Gasteiger partial charge on any atom is -0.339 e. The first kappa shape index (κ1) is 24.0. The molecule has 0 spiro atoms. The van der Waals surface area contributed by atoms with Gasteiger partial charge >= 0.3 is 6.03 Å². The van der Waals surface area contributed by atoms with E-state index >= 15 is 0 Å². The van der Waals surface area contributed by atoms with Crippen LogP contribution < -0.4 is 15.5 Å². The molecular formula is C24H34ClN5O3. The van der Waals surface area contributed by atoms with E-state index in [4.69, 9.17) is 11.6 Å². The van der Waals surface area contributed by atoms with Crippen molar-refractivity contribution in [3.05, 3.63) is 28.8 Å². The molecule has 3 saturated heterocycles. The predicted molar refractivity (Wildman–Crippen MR) is 129 cm³/mol. The Hall–Kier alpha value is -2.16. The zero-order valence-electron chi connectivity index (χ0n) is 19.2. The predicted octanol–water partition coefficient (Wildman–Crippen LogP) is 2.71. The van der Waals surface area contributed by atoms with Crippen molar-refractivity contribution in [2.75, 3.05) is 57.3 Å². The number of benzene rings is 1. The fourth-order valence-corrected chi connectivity index (χ4v) is 5.18. The highest BCUT2D eigenvalue weighted by Gasteiger charge is 2.28. The van der Waals surface area contributed by atoms with Crippen LogP contribution in [0, 0.1) is 5.92 Å². The van der Waals surface area contributed by atoms with Crippen molar-refractivity contribution in [1.82, 2.24) is 20.4 Å². The lowest BCUT2D eigenvalue weighted by atomic mass is 9.91.